The Bertz CT molecular complexity index is 2920. The minimum atomic E-state index is 1.17. The Morgan fingerprint density at radius 2 is 0.679 bits per heavy atom. The highest BCUT2D eigenvalue weighted by molar-refractivity contribution is 6.25. The molecular weight excluding hydrogens is 639 g/mol. The van der Waals surface area contributed by atoms with Crippen LogP contribution in [0, 0.1) is 0 Å². The van der Waals surface area contributed by atoms with Crippen molar-refractivity contribution in [1.29, 1.82) is 0 Å². The predicted octanol–water partition coefficient (Wildman–Crippen LogP) is 14.3. The van der Waals surface area contributed by atoms with Gasteiger partial charge in [-0.1, -0.05) is 164 Å². The molecule has 0 spiro atoms. The molecule has 0 aliphatic rings. The van der Waals surface area contributed by atoms with E-state index < -0.39 is 0 Å². The molecule has 0 saturated carbocycles. The van der Waals surface area contributed by atoms with Crippen molar-refractivity contribution in [3.05, 3.63) is 200 Å². The van der Waals surface area contributed by atoms with E-state index in [9.17, 15) is 0 Å². The number of nitrogens with zero attached hydrogens (tertiary/aromatic N) is 1. The molecule has 1 heterocycles. The third-order valence-corrected chi connectivity index (χ3v) is 11.1. The molecule has 0 N–H and O–H groups in total. The number of hydrogen-bond donors (Lipinski definition) is 0. The van der Waals surface area contributed by atoms with E-state index >= 15 is 0 Å². The molecule has 53 heavy (non-hydrogen) atoms. The fourth-order valence-electron chi connectivity index (χ4n) is 8.59. The van der Waals surface area contributed by atoms with Gasteiger partial charge in [-0.3, -0.25) is 0 Å². The second-order valence-electron chi connectivity index (χ2n) is 14.1. The van der Waals surface area contributed by atoms with Crippen LogP contribution in [0.2, 0.25) is 0 Å². The molecule has 0 saturated heterocycles. The summed E-state index contributed by atoms with van der Waals surface area (Å²) < 4.78 is 2.46. The number of aromatic nitrogens is 1. The van der Waals surface area contributed by atoms with Gasteiger partial charge in [0.1, 0.15) is 0 Å². The average molecular weight is 672 g/mol. The van der Waals surface area contributed by atoms with Crippen molar-refractivity contribution in [1.82, 2.24) is 4.57 Å². The van der Waals surface area contributed by atoms with Gasteiger partial charge in [0.2, 0.25) is 0 Å². The third-order valence-electron chi connectivity index (χ3n) is 11.1. The molecule has 0 aliphatic carbocycles. The quantitative estimate of drug-likeness (QED) is 0.161. The van der Waals surface area contributed by atoms with Gasteiger partial charge in [-0.2, -0.15) is 0 Å². The number of rotatable bonds is 5. The highest BCUT2D eigenvalue weighted by atomic mass is 15.0. The topological polar surface area (TPSA) is 4.93 Å². The maximum atomic E-state index is 2.46. The smallest absolute Gasteiger partial charge is 0.0553 e. The third kappa shape index (κ3) is 4.79. The summed E-state index contributed by atoms with van der Waals surface area (Å²) in [6, 6.07) is 73.5. The second kappa shape index (κ2) is 11.8. The van der Waals surface area contributed by atoms with Gasteiger partial charge >= 0.3 is 0 Å². The lowest BCUT2D eigenvalue weighted by atomic mass is 9.93. The van der Waals surface area contributed by atoms with E-state index in [0.717, 1.165) is 0 Å². The standard InChI is InChI=1S/C52H33N/c1-2-14-44(15-3-1)53-49-32-42(34-20-24-38(25-21-34)47-18-8-12-36-10-4-6-16-45(36)47)30-40-28-29-41-31-43(33-50(53)52(41)51(40)49)35-22-26-39(27-23-35)48-19-9-13-37-11-5-7-17-46(37)48/h1-33H. The first-order valence-electron chi connectivity index (χ1n) is 18.3. The van der Waals surface area contributed by atoms with Crippen LogP contribution in [0.15, 0.2) is 200 Å². The zero-order chi connectivity index (χ0) is 34.9. The van der Waals surface area contributed by atoms with Gasteiger partial charge in [0.15, 0.2) is 0 Å². The van der Waals surface area contributed by atoms with Crippen molar-refractivity contribution in [2.45, 2.75) is 0 Å². The van der Waals surface area contributed by atoms with E-state index in [4.69, 9.17) is 0 Å². The summed E-state index contributed by atoms with van der Waals surface area (Å²) in [5, 5.41) is 10.2. The first-order valence-corrected chi connectivity index (χ1v) is 18.3. The van der Waals surface area contributed by atoms with Gasteiger partial charge in [-0.25, -0.2) is 0 Å². The molecule has 0 aliphatic heterocycles. The van der Waals surface area contributed by atoms with Crippen molar-refractivity contribution in [2.24, 2.45) is 0 Å². The summed E-state index contributed by atoms with van der Waals surface area (Å²) in [6.45, 7) is 0. The monoisotopic (exact) mass is 671 g/mol. The van der Waals surface area contributed by atoms with Crippen molar-refractivity contribution in [2.75, 3.05) is 0 Å². The van der Waals surface area contributed by atoms with E-state index in [2.05, 4.69) is 205 Å². The minimum Gasteiger partial charge on any atom is -0.309 e. The van der Waals surface area contributed by atoms with E-state index in [0.29, 0.717) is 0 Å². The highest BCUT2D eigenvalue weighted by Gasteiger charge is 2.20. The minimum absolute atomic E-state index is 1.17. The van der Waals surface area contributed by atoms with Crippen LogP contribution in [-0.2, 0) is 0 Å². The summed E-state index contributed by atoms with van der Waals surface area (Å²) in [5.41, 5.74) is 13.5. The Labute approximate surface area is 308 Å². The summed E-state index contributed by atoms with van der Waals surface area (Å²) in [4.78, 5) is 0. The van der Waals surface area contributed by atoms with Crippen LogP contribution in [0.3, 0.4) is 0 Å². The van der Waals surface area contributed by atoms with Crippen molar-refractivity contribution in [3.8, 4) is 50.2 Å². The summed E-state index contributed by atoms with van der Waals surface area (Å²) in [6.07, 6.45) is 0. The maximum Gasteiger partial charge on any atom is 0.0553 e. The van der Waals surface area contributed by atoms with Crippen LogP contribution in [0.1, 0.15) is 0 Å². The molecule has 0 unspecified atom stereocenters. The summed E-state index contributed by atoms with van der Waals surface area (Å²) >= 11 is 0. The van der Waals surface area contributed by atoms with Crippen molar-refractivity contribution in [3.63, 3.8) is 0 Å². The normalized spacial score (nSPS) is 11.8. The lowest BCUT2D eigenvalue weighted by molar-refractivity contribution is 1.18. The molecule has 1 aromatic heterocycles. The van der Waals surface area contributed by atoms with E-state index in [1.807, 2.05) is 0 Å². The van der Waals surface area contributed by atoms with E-state index in [-0.39, 0.29) is 0 Å². The largest absolute Gasteiger partial charge is 0.309 e. The molecule has 0 amide bonds. The Balaban J connectivity index is 1.06. The van der Waals surface area contributed by atoms with Crippen LogP contribution >= 0.6 is 0 Å². The van der Waals surface area contributed by atoms with Gasteiger partial charge < -0.3 is 4.57 Å². The van der Waals surface area contributed by atoms with Crippen LogP contribution in [-0.4, -0.2) is 4.57 Å². The average Bonchev–Trinajstić information content (AvgIpc) is 3.57. The molecule has 0 fully saturated rings. The molecule has 1 heteroatoms. The van der Waals surface area contributed by atoms with E-state index in [1.54, 1.807) is 0 Å². The molecular formula is C52H33N. The Kier molecular flexibility index (Phi) is 6.62. The number of hydrogen-bond acceptors (Lipinski definition) is 0. The van der Waals surface area contributed by atoms with Crippen LogP contribution in [0.4, 0.5) is 0 Å². The first-order chi connectivity index (χ1) is 26.3. The SMILES string of the molecule is c1ccc(-n2c3cc(-c4ccc(-c5cccc6ccccc56)cc4)cc4ccc5cc(-c6ccc(-c7cccc8ccccc78)cc6)cc2c5c43)cc1. The molecule has 0 radical (unpaired) electrons. The zero-order valence-corrected chi connectivity index (χ0v) is 29.0. The lowest BCUT2D eigenvalue weighted by Crippen LogP contribution is -1.94. The van der Waals surface area contributed by atoms with Crippen molar-refractivity contribution < 1.29 is 0 Å². The number of benzene rings is 10. The Morgan fingerprint density at radius 1 is 0.264 bits per heavy atom. The summed E-state index contributed by atoms with van der Waals surface area (Å²) in [7, 11) is 0. The van der Waals surface area contributed by atoms with Gasteiger partial charge in [-0.05, 0) is 113 Å². The molecule has 10 aromatic carbocycles. The van der Waals surface area contributed by atoms with Gasteiger partial charge in [-0.15, -0.1) is 0 Å². The van der Waals surface area contributed by atoms with Crippen LogP contribution < -0.4 is 0 Å². The highest BCUT2D eigenvalue weighted by Crippen LogP contribution is 2.43. The second-order valence-corrected chi connectivity index (χ2v) is 14.1. The van der Waals surface area contributed by atoms with Gasteiger partial charge in [0, 0.05) is 16.5 Å². The molecule has 11 aromatic rings. The molecule has 1 nitrogen and oxygen atoms in total. The Hall–Kier alpha value is -6.96. The van der Waals surface area contributed by atoms with Gasteiger partial charge in [0.05, 0.1) is 11.0 Å². The number of fused-ring (bicyclic) bond motifs is 2. The molecule has 0 bridgehead atoms. The number of para-hydroxylation sites is 1. The molecule has 11 rings (SSSR count). The maximum absolute atomic E-state index is 2.46. The van der Waals surface area contributed by atoms with E-state index in [1.165, 1.54) is 104 Å². The first kappa shape index (κ1) is 29.7. The van der Waals surface area contributed by atoms with Crippen LogP contribution in [0.25, 0.3) is 104 Å². The lowest BCUT2D eigenvalue weighted by Gasteiger charge is -2.11. The molecule has 0 atom stereocenters. The van der Waals surface area contributed by atoms with Crippen molar-refractivity contribution >= 4 is 54.1 Å². The summed E-state index contributed by atoms with van der Waals surface area (Å²) in [5.74, 6) is 0. The predicted molar refractivity (Wildman–Crippen MR) is 226 cm³/mol. The van der Waals surface area contributed by atoms with Gasteiger partial charge in [0.25, 0.3) is 0 Å². The Morgan fingerprint density at radius 3 is 1.17 bits per heavy atom. The fourth-order valence-corrected chi connectivity index (χ4v) is 8.59. The fraction of sp³-hybridized carbons (Fsp3) is 0. The van der Waals surface area contributed by atoms with Crippen LogP contribution in [0.5, 0.6) is 0 Å². The zero-order valence-electron chi connectivity index (χ0n) is 29.0. The molecule has 246 valence electrons.